The molecular formula is C13H17NO3. The fraction of sp³-hybridized carbons (Fsp3) is 0.538. The lowest BCUT2D eigenvalue weighted by Gasteiger charge is -2.17. The van der Waals surface area contributed by atoms with E-state index in [0.717, 1.165) is 17.8 Å². The number of hydrogen-bond acceptors (Lipinski definition) is 3. The number of aromatic nitrogens is 1. The molecule has 1 aliphatic carbocycles. The van der Waals surface area contributed by atoms with E-state index in [-0.39, 0.29) is 5.78 Å². The highest BCUT2D eigenvalue weighted by Gasteiger charge is 2.31. The van der Waals surface area contributed by atoms with Gasteiger partial charge in [0.15, 0.2) is 5.78 Å². The molecule has 1 atom stereocenters. The summed E-state index contributed by atoms with van der Waals surface area (Å²) < 4.78 is 5.00. The van der Waals surface area contributed by atoms with Gasteiger partial charge >= 0.3 is 5.97 Å². The highest BCUT2D eigenvalue weighted by atomic mass is 16.5. The molecule has 0 saturated heterocycles. The van der Waals surface area contributed by atoms with Gasteiger partial charge in [0.05, 0.1) is 17.7 Å². The number of fused-ring (bicyclic) bond motifs is 1. The Morgan fingerprint density at radius 3 is 2.82 bits per heavy atom. The van der Waals surface area contributed by atoms with Crippen LogP contribution in [0.15, 0.2) is 0 Å². The lowest BCUT2D eigenvalue weighted by atomic mass is 9.86. The van der Waals surface area contributed by atoms with E-state index >= 15 is 0 Å². The molecule has 0 radical (unpaired) electrons. The molecule has 0 fully saturated rings. The lowest BCUT2D eigenvalue weighted by Crippen LogP contribution is -2.20. The first-order valence-corrected chi connectivity index (χ1v) is 5.96. The number of rotatable bonds is 2. The second-order valence-electron chi connectivity index (χ2n) is 4.64. The van der Waals surface area contributed by atoms with Gasteiger partial charge in [0.25, 0.3) is 0 Å². The number of carbonyl (C=O) groups excluding carboxylic acids is 2. The minimum atomic E-state index is -0.398. The van der Waals surface area contributed by atoms with Crippen LogP contribution in [-0.4, -0.2) is 23.3 Å². The normalized spacial score (nSPS) is 19.0. The quantitative estimate of drug-likeness (QED) is 0.800. The Balaban J connectivity index is 2.48. The first kappa shape index (κ1) is 11.9. The lowest BCUT2D eigenvalue weighted by molar-refractivity contribution is 0.0522. The van der Waals surface area contributed by atoms with Crippen LogP contribution in [0.25, 0.3) is 0 Å². The molecule has 1 aliphatic rings. The molecule has 0 saturated carbocycles. The Kier molecular flexibility index (Phi) is 3.05. The molecule has 17 heavy (non-hydrogen) atoms. The number of ether oxygens (including phenoxy) is 1. The van der Waals surface area contributed by atoms with Crippen molar-refractivity contribution >= 4 is 11.8 Å². The van der Waals surface area contributed by atoms with E-state index in [1.165, 1.54) is 0 Å². The topological polar surface area (TPSA) is 59.2 Å². The number of H-pyrrole nitrogens is 1. The standard InChI is InChI=1S/C13H17NO3/c1-4-17-13(16)11-8(3)14-9-5-7(2)6-10(15)12(9)11/h7,14H,4-6H2,1-3H3/t7-/m1/s1. The van der Waals surface area contributed by atoms with Crippen LogP contribution in [-0.2, 0) is 11.2 Å². The molecule has 0 aliphatic heterocycles. The van der Waals surface area contributed by atoms with Crippen LogP contribution in [0.2, 0.25) is 0 Å². The molecule has 0 aromatic carbocycles. The number of carbonyl (C=O) groups is 2. The molecule has 0 amide bonds. The molecule has 4 nitrogen and oxygen atoms in total. The highest BCUT2D eigenvalue weighted by Crippen LogP contribution is 2.29. The van der Waals surface area contributed by atoms with Gasteiger partial charge in [0.2, 0.25) is 0 Å². The third-order valence-electron chi connectivity index (χ3n) is 3.11. The average molecular weight is 235 g/mol. The summed E-state index contributed by atoms with van der Waals surface area (Å²) in [5, 5.41) is 0. The smallest absolute Gasteiger partial charge is 0.340 e. The molecular weight excluding hydrogens is 218 g/mol. The summed E-state index contributed by atoms with van der Waals surface area (Å²) in [5.74, 6) is -0.0142. The van der Waals surface area contributed by atoms with Crippen molar-refractivity contribution in [1.29, 1.82) is 0 Å². The van der Waals surface area contributed by atoms with E-state index in [0.29, 0.717) is 30.1 Å². The van der Waals surface area contributed by atoms with Crippen molar-refractivity contribution in [2.24, 2.45) is 5.92 Å². The first-order valence-electron chi connectivity index (χ1n) is 5.96. The third-order valence-corrected chi connectivity index (χ3v) is 3.11. The van der Waals surface area contributed by atoms with Crippen molar-refractivity contribution in [3.05, 3.63) is 22.5 Å². The van der Waals surface area contributed by atoms with Crippen molar-refractivity contribution in [3.63, 3.8) is 0 Å². The summed E-state index contributed by atoms with van der Waals surface area (Å²) in [5.41, 5.74) is 2.60. The van der Waals surface area contributed by atoms with Gasteiger partial charge < -0.3 is 9.72 Å². The molecule has 0 unspecified atom stereocenters. The van der Waals surface area contributed by atoms with Crippen molar-refractivity contribution in [1.82, 2.24) is 4.98 Å². The molecule has 4 heteroatoms. The summed E-state index contributed by atoms with van der Waals surface area (Å²) in [6, 6.07) is 0. The van der Waals surface area contributed by atoms with Gasteiger partial charge in [-0.3, -0.25) is 4.79 Å². The van der Waals surface area contributed by atoms with Crippen LogP contribution in [0, 0.1) is 12.8 Å². The molecule has 1 aromatic rings. The fourth-order valence-corrected chi connectivity index (χ4v) is 2.45. The molecule has 1 N–H and O–H groups in total. The Morgan fingerprint density at radius 1 is 1.47 bits per heavy atom. The average Bonchev–Trinajstić information content (AvgIpc) is 2.54. The number of Topliss-reactive ketones (excluding diaryl/α,β-unsaturated/α-hetero) is 1. The van der Waals surface area contributed by atoms with Crippen LogP contribution in [0.3, 0.4) is 0 Å². The zero-order chi connectivity index (χ0) is 12.6. The first-order chi connectivity index (χ1) is 8.04. The summed E-state index contributed by atoms with van der Waals surface area (Å²) in [7, 11) is 0. The van der Waals surface area contributed by atoms with Crippen LogP contribution < -0.4 is 0 Å². The molecule has 0 bridgehead atoms. The predicted molar refractivity (Wildman–Crippen MR) is 63.3 cm³/mol. The molecule has 92 valence electrons. The van der Waals surface area contributed by atoms with E-state index in [2.05, 4.69) is 4.98 Å². The zero-order valence-corrected chi connectivity index (χ0v) is 10.4. The van der Waals surface area contributed by atoms with E-state index in [9.17, 15) is 9.59 Å². The van der Waals surface area contributed by atoms with Gasteiger partial charge in [-0.1, -0.05) is 6.92 Å². The maximum Gasteiger partial charge on any atom is 0.340 e. The Morgan fingerprint density at radius 2 is 2.18 bits per heavy atom. The van der Waals surface area contributed by atoms with E-state index < -0.39 is 5.97 Å². The minimum Gasteiger partial charge on any atom is -0.462 e. The number of ketones is 1. The van der Waals surface area contributed by atoms with Gasteiger partial charge in [-0.15, -0.1) is 0 Å². The maximum atomic E-state index is 12.0. The summed E-state index contributed by atoms with van der Waals surface area (Å²) in [6.45, 7) is 5.93. The van der Waals surface area contributed by atoms with E-state index in [1.54, 1.807) is 6.92 Å². The van der Waals surface area contributed by atoms with Gasteiger partial charge in [-0.2, -0.15) is 0 Å². The van der Waals surface area contributed by atoms with Gasteiger partial charge in [-0.25, -0.2) is 4.79 Å². The van der Waals surface area contributed by atoms with Gasteiger partial charge in [0.1, 0.15) is 0 Å². The van der Waals surface area contributed by atoms with Crippen molar-refractivity contribution in [2.45, 2.75) is 33.6 Å². The SMILES string of the molecule is CCOC(=O)c1c(C)[nH]c2c1C(=O)C[C@H](C)C2. The monoisotopic (exact) mass is 235 g/mol. The summed E-state index contributed by atoms with van der Waals surface area (Å²) in [6.07, 6.45) is 1.33. The number of nitrogens with one attached hydrogen (secondary N) is 1. The Bertz CT molecular complexity index is 473. The predicted octanol–water partition coefficient (Wildman–Crippen LogP) is 2.26. The van der Waals surface area contributed by atoms with Gasteiger partial charge in [-0.05, 0) is 26.2 Å². The Labute approximate surface area is 100 Å². The highest BCUT2D eigenvalue weighted by molar-refractivity contribution is 6.08. The second kappa shape index (κ2) is 4.35. The van der Waals surface area contributed by atoms with Crippen molar-refractivity contribution in [2.75, 3.05) is 6.61 Å². The molecule has 1 aromatic heterocycles. The number of aromatic amines is 1. The molecule has 1 heterocycles. The van der Waals surface area contributed by atoms with E-state index in [4.69, 9.17) is 4.74 Å². The van der Waals surface area contributed by atoms with Crippen LogP contribution >= 0.6 is 0 Å². The van der Waals surface area contributed by atoms with Crippen molar-refractivity contribution in [3.8, 4) is 0 Å². The van der Waals surface area contributed by atoms with Crippen LogP contribution in [0.5, 0.6) is 0 Å². The number of hydrogen-bond donors (Lipinski definition) is 1. The second-order valence-corrected chi connectivity index (χ2v) is 4.64. The Hall–Kier alpha value is -1.58. The van der Waals surface area contributed by atoms with Gasteiger partial charge in [0, 0.05) is 17.8 Å². The molecule has 2 rings (SSSR count). The maximum absolute atomic E-state index is 12.0. The number of esters is 1. The number of aryl methyl sites for hydroxylation is 1. The zero-order valence-electron chi connectivity index (χ0n) is 10.4. The van der Waals surface area contributed by atoms with Crippen LogP contribution in [0.4, 0.5) is 0 Å². The fourth-order valence-electron chi connectivity index (χ4n) is 2.45. The van der Waals surface area contributed by atoms with Crippen LogP contribution in [0.1, 0.15) is 52.4 Å². The van der Waals surface area contributed by atoms with Crippen molar-refractivity contribution < 1.29 is 14.3 Å². The molecule has 0 spiro atoms. The largest absolute Gasteiger partial charge is 0.462 e. The summed E-state index contributed by atoms with van der Waals surface area (Å²) >= 11 is 0. The van der Waals surface area contributed by atoms with E-state index in [1.807, 2.05) is 13.8 Å². The summed E-state index contributed by atoms with van der Waals surface area (Å²) in [4.78, 5) is 27.0. The minimum absolute atomic E-state index is 0.0474. The third kappa shape index (κ3) is 1.99.